The third kappa shape index (κ3) is 3.39. The number of carbonyl (C=O) groups is 1. The van der Waals surface area contributed by atoms with Crippen LogP contribution in [0.4, 0.5) is 0 Å². The molecule has 2 rings (SSSR count). The summed E-state index contributed by atoms with van der Waals surface area (Å²) in [4.78, 5) is 13.3. The number of ether oxygens (including phenoxy) is 1. The fraction of sp³-hybridized carbons (Fsp3) is 0.462. The van der Waals surface area contributed by atoms with Crippen LogP contribution in [0.5, 0.6) is 0 Å². The van der Waals surface area contributed by atoms with Gasteiger partial charge in [-0.1, -0.05) is 29.3 Å². The van der Waals surface area contributed by atoms with Gasteiger partial charge in [0, 0.05) is 13.1 Å². The van der Waals surface area contributed by atoms with Gasteiger partial charge in [-0.25, -0.2) is 0 Å². The smallest absolute Gasteiger partial charge is 0.234 e. The lowest BCUT2D eigenvalue weighted by Crippen LogP contribution is -2.48. The average Bonchev–Trinajstić information content (AvgIpc) is 2.41. The minimum atomic E-state index is -0.324. The highest BCUT2D eigenvalue weighted by Crippen LogP contribution is 2.29. The van der Waals surface area contributed by atoms with Crippen molar-refractivity contribution >= 4 is 29.1 Å². The van der Waals surface area contributed by atoms with Crippen molar-refractivity contribution in [1.82, 2.24) is 4.90 Å². The van der Waals surface area contributed by atoms with Crippen LogP contribution in [0.1, 0.15) is 18.6 Å². The zero-order chi connectivity index (χ0) is 14.0. The third-order valence-corrected chi connectivity index (χ3v) is 4.11. The minimum absolute atomic E-state index is 0.120. The molecule has 1 aromatic rings. The third-order valence-electron chi connectivity index (χ3n) is 3.37. The van der Waals surface area contributed by atoms with Gasteiger partial charge in [0.1, 0.15) is 0 Å². The number of hydrogen-bond acceptors (Lipinski definition) is 3. The normalized spacial score (nSPS) is 22.2. The summed E-state index contributed by atoms with van der Waals surface area (Å²) in [5.41, 5.74) is 6.29. The van der Waals surface area contributed by atoms with E-state index >= 15 is 0 Å². The van der Waals surface area contributed by atoms with Gasteiger partial charge in [-0.05, 0) is 24.6 Å². The molecule has 2 atom stereocenters. The highest BCUT2D eigenvalue weighted by Gasteiger charge is 2.27. The number of nitrogens with two attached hydrogens (primary N) is 1. The first-order valence-corrected chi connectivity index (χ1v) is 6.84. The van der Waals surface area contributed by atoms with Gasteiger partial charge < -0.3 is 10.5 Å². The molecule has 19 heavy (non-hydrogen) atoms. The fourth-order valence-electron chi connectivity index (χ4n) is 2.12. The van der Waals surface area contributed by atoms with E-state index in [1.807, 2.05) is 11.0 Å². The lowest BCUT2D eigenvalue weighted by Gasteiger charge is -2.35. The molecule has 6 heteroatoms. The maximum Gasteiger partial charge on any atom is 0.234 e. The molecule has 0 spiro atoms. The molecule has 0 radical (unpaired) electrons. The van der Waals surface area contributed by atoms with Gasteiger partial charge in [-0.2, -0.15) is 0 Å². The second-order valence-electron chi connectivity index (χ2n) is 4.61. The van der Waals surface area contributed by atoms with Crippen LogP contribution in [0.3, 0.4) is 0 Å². The number of carbonyl (C=O) groups excluding carboxylic acids is 1. The highest BCUT2D eigenvalue weighted by atomic mass is 35.5. The maximum absolute atomic E-state index is 11.2. The Labute approximate surface area is 122 Å². The van der Waals surface area contributed by atoms with Crippen LogP contribution in [0.25, 0.3) is 0 Å². The molecule has 1 heterocycles. The number of halogens is 2. The molecule has 1 aromatic carbocycles. The van der Waals surface area contributed by atoms with Crippen molar-refractivity contribution < 1.29 is 9.53 Å². The van der Waals surface area contributed by atoms with Crippen LogP contribution in [0.15, 0.2) is 18.2 Å². The molecule has 1 aliphatic heterocycles. The second kappa shape index (κ2) is 6.09. The van der Waals surface area contributed by atoms with Crippen LogP contribution in [-0.2, 0) is 9.53 Å². The van der Waals surface area contributed by atoms with Crippen molar-refractivity contribution in [3.05, 3.63) is 33.8 Å². The molecular weight excluding hydrogens is 287 g/mol. The number of hydrogen-bond donors (Lipinski definition) is 1. The van der Waals surface area contributed by atoms with E-state index in [1.165, 1.54) is 0 Å². The van der Waals surface area contributed by atoms with Crippen molar-refractivity contribution in [1.29, 1.82) is 0 Å². The van der Waals surface area contributed by atoms with Gasteiger partial charge in [0.15, 0.2) is 0 Å². The zero-order valence-electron chi connectivity index (χ0n) is 10.6. The average molecular weight is 303 g/mol. The summed E-state index contributed by atoms with van der Waals surface area (Å²) in [6, 6.07) is 5.14. The molecule has 2 unspecified atom stereocenters. The summed E-state index contributed by atoms with van der Waals surface area (Å²) in [7, 11) is 0. The molecule has 1 saturated heterocycles. The lowest BCUT2D eigenvalue weighted by atomic mass is 10.1. The minimum Gasteiger partial charge on any atom is -0.371 e. The summed E-state index contributed by atoms with van der Waals surface area (Å²) < 4.78 is 5.72. The highest BCUT2D eigenvalue weighted by molar-refractivity contribution is 6.42. The summed E-state index contributed by atoms with van der Waals surface area (Å²) >= 11 is 11.9. The van der Waals surface area contributed by atoms with E-state index in [0.717, 1.165) is 5.56 Å². The Bertz CT molecular complexity index is 482. The number of benzene rings is 1. The van der Waals surface area contributed by atoms with Gasteiger partial charge >= 0.3 is 0 Å². The summed E-state index contributed by atoms with van der Waals surface area (Å²) in [6.07, 6.45) is -0.120. The van der Waals surface area contributed by atoms with Gasteiger partial charge in [-0.15, -0.1) is 0 Å². The van der Waals surface area contributed by atoms with Crippen molar-refractivity contribution in [2.45, 2.75) is 19.1 Å². The monoisotopic (exact) mass is 302 g/mol. The molecule has 104 valence electrons. The van der Waals surface area contributed by atoms with Gasteiger partial charge in [0.25, 0.3) is 0 Å². The molecule has 1 amide bonds. The Hall–Kier alpha value is -0.810. The Balaban J connectivity index is 2.12. The van der Waals surface area contributed by atoms with Crippen LogP contribution in [0, 0.1) is 0 Å². The van der Waals surface area contributed by atoms with Gasteiger partial charge in [0.05, 0.1) is 28.8 Å². The standard InChI is InChI=1S/C13H16Cl2N2O2/c1-8(13(16)18)17-4-5-19-12(7-17)9-2-3-10(14)11(15)6-9/h2-3,6,8,12H,4-5,7H2,1H3,(H2,16,18). The van der Waals surface area contributed by atoms with Crippen molar-refractivity contribution in [3.8, 4) is 0 Å². The number of amides is 1. The lowest BCUT2D eigenvalue weighted by molar-refractivity contribution is -0.126. The maximum atomic E-state index is 11.2. The van der Waals surface area contributed by atoms with Crippen LogP contribution < -0.4 is 5.73 Å². The first kappa shape index (κ1) is 14.6. The van der Waals surface area contributed by atoms with Crippen LogP contribution in [0.2, 0.25) is 10.0 Å². The number of nitrogens with zero attached hydrogens (tertiary/aromatic N) is 1. The van der Waals surface area contributed by atoms with Crippen LogP contribution >= 0.6 is 23.2 Å². The van der Waals surface area contributed by atoms with E-state index in [-0.39, 0.29) is 18.1 Å². The summed E-state index contributed by atoms with van der Waals surface area (Å²) in [5, 5.41) is 1.02. The van der Waals surface area contributed by atoms with E-state index in [1.54, 1.807) is 19.1 Å². The first-order valence-electron chi connectivity index (χ1n) is 6.09. The van der Waals surface area contributed by atoms with Crippen molar-refractivity contribution in [2.75, 3.05) is 19.7 Å². The summed E-state index contributed by atoms with van der Waals surface area (Å²) in [5.74, 6) is -0.324. The van der Waals surface area contributed by atoms with E-state index in [9.17, 15) is 4.79 Å². The van der Waals surface area contributed by atoms with Crippen molar-refractivity contribution in [3.63, 3.8) is 0 Å². The molecule has 1 fully saturated rings. The second-order valence-corrected chi connectivity index (χ2v) is 5.42. The van der Waals surface area contributed by atoms with E-state index < -0.39 is 0 Å². The zero-order valence-corrected chi connectivity index (χ0v) is 12.1. The Morgan fingerprint density at radius 1 is 1.47 bits per heavy atom. The van der Waals surface area contributed by atoms with Crippen molar-refractivity contribution in [2.24, 2.45) is 5.73 Å². The Kier molecular flexibility index (Phi) is 4.68. The molecule has 0 aliphatic carbocycles. The quantitative estimate of drug-likeness (QED) is 0.931. The molecule has 0 saturated carbocycles. The Morgan fingerprint density at radius 2 is 2.21 bits per heavy atom. The predicted octanol–water partition coefficient (Wildman–Crippen LogP) is 2.24. The SMILES string of the molecule is CC(C(N)=O)N1CCOC(c2ccc(Cl)c(Cl)c2)C1. The van der Waals surface area contributed by atoms with Gasteiger partial charge in [0.2, 0.25) is 5.91 Å². The van der Waals surface area contributed by atoms with E-state index in [0.29, 0.717) is 29.7 Å². The number of rotatable bonds is 3. The number of morpholine rings is 1. The first-order chi connectivity index (χ1) is 8.99. The molecule has 4 nitrogen and oxygen atoms in total. The van der Waals surface area contributed by atoms with E-state index in [2.05, 4.69) is 0 Å². The molecule has 2 N–H and O–H groups in total. The summed E-state index contributed by atoms with van der Waals surface area (Å²) in [6.45, 7) is 3.67. The fourth-order valence-corrected chi connectivity index (χ4v) is 2.42. The Morgan fingerprint density at radius 3 is 2.84 bits per heavy atom. The molecule has 1 aliphatic rings. The topological polar surface area (TPSA) is 55.6 Å². The predicted molar refractivity (Wildman–Crippen MR) is 75.4 cm³/mol. The largest absolute Gasteiger partial charge is 0.371 e. The van der Waals surface area contributed by atoms with Gasteiger partial charge in [-0.3, -0.25) is 9.69 Å². The molecule has 0 aromatic heterocycles. The molecule has 0 bridgehead atoms. The number of primary amides is 1. The van der Waals surface area contributed by atoms with E-state index in [4.69, 9.17) is 33.7 Å². The van der Waals surface area contributed by atoms with Crippen LogP contribution in [-0.4, -0.2) is 36.5 Å². The molecular formula is C13H16Cl2N2O2.